The average molecular weight is 311 g/mol. The van der Waals surface area contributed by atoms with Crippen molar-refractivity contribution in [3.63, 3.8) is 0 Å². The van der Waals surface area contributed by atoms with Crippen molar-refractivity contribution < 1.29 is 9.90 Å². The zero-order chi connectivity index (χ0) is 17.8. The zero-order valence-corrected chi connectivity index (χ0v) is 16.3. The van der Waals surface area contributed by atoms with E-state index in [1.807, 2.05) is 13.8 Å². The lowest BCUT2D eigenvalue weighted by atomic mass is 9.60. The molecule has 2 nitrogen and oxygen atoms in total. The summed E-state index contributed by atoms with van der Waals surface area (Å²) in [5.74, 6) is -0.685. The molecule has 0 bridgehead atoms. The van der Waals surface area contributed by atoms with Gasteiger partial charge in [-0.15, -0.1) is 0 Å². The summed E-state index contributed by atoms with van der Waals surface area (Å²) in [6.07, 6.45) is 8.15. The van der Waals surface area contributed by atoms with Crippen LogP contribution >= 0.6 is 0 Å². The molecule has 0 aliphatic heterocycles. The molecule has 0 aromatic heterocycles. The fourth-order valence-corrected chi connectivity index (χ4v) is 2.60. The van der Waals surface area contributed by atoms with E-state index in [2.05, 4.69) is 60.6 Å². The standard InChI is InChI=1S/C20H38O2/c1-10-17(3,4)13-12-14-18(5,6)19(7,8)15-20(9,11-2)16(21)22/h12,14H,10-11,13,15H2,1-9H3,(H,21,22). The molecule has 22 heavy (non-hydrogen) atoms. The molecule has 0 spiro atoms. The van der Waals surface area contributed by atoms with E-state index in [9.17, 15) is 9.90 Å². The lowest BCUT2D eigenvalue weighted by molar-refractivity contribution is -0.151. The van der Waals surface area contributed by atoms with Gasteiger partial charge in [0.15, 0.2) is 0 Å². The van der Waals surface area contributed by atoms with Crippen molar-refractivity contribution >= 4 is 5.97 Å². The van der Waals surface area contributed by atoms with Crippen molar-refractivity contribution in [3.8, 4) is 0 Å². The highest BCUT2D eigenvalue weighted by molar-refractivity contribution is 5.74. The third kappa shape index (κ3) is 5.44. The molecule has 0 rings (SSSR count). The smallest absolute Gasteiger partial charge is 0.309 e. The predicted octanol–water partition coefficient (Wildman–Crippen LogP) is 6.31. The van der Waals surface area contributed by atoms with Crippen molar-refractivity contribution in [2.45, 2.75) is 88.0 Å². The molecule has 1 N–H and O–H groups in total. The third-order valence-electron chi connectivity index (χ3n) is 6.04. The number of hydrogen-bond donors (Lipinski definition) is 1. The van der Waals surface area contributed by atoms with Gasteiger partial charge in [-0.05, 0) is 42.4 Å². The average Bonchev–Trinajstić information content (AvgIpc) is 2.37. The number of hydrogen-bond acceptors (Lipinski definition) is 1. The molecule has 0 radical (unpaired) electrons. The molecule has 130 valence electrons. The molecule has 1 atom stereocenters. The maximum atomic E-state index is 11.6. The first-order valence-electron chi connectivity index (χ1n) is 8.64. The van der Waals surface area contributed by atoms with E-state index in [1.165, 1.54) is 0 Å². The summed E-state index contributed by atoms with van der Waals surface area (Å²) in [5.41, 5.74) is -0.446. The lowest BCUT2D eigenvalue weighted by Crippen LogP contribution is -2.39. The Morgan fingerprint density at radius 2 is 1.45 bits per heavy atom. The Morgan fingerprint density at radius 3 is 1.82 bits per heavy atom. The van der Waals surface area contributed by atoms with Crippen molar-refractivity contribution in [1.29, 1.82) is 0 Å². The first kappa shape index (κ1) is 21.2. The Balaban J connectivity index is 5.16. The van der Waals surface area contributed by atoms with Crippen LogP contribution in [0.4, 0.5) is 0 Å². The van der Waals surface area contributed by atoms with Crippen molar-refractivity contribution in [1.82, 2.24) is 0 Å². The van der Waals surface area contributed by atoms with Crippen LogP contribution in [0.5, 0.6) is 0 Å². The van der Waals surface area contributed by atoms with Crippen molar-refractivity contribution in [3.05, 3.63) is 12.2 Å². The van der Waals surface area contributed by atoms with Gasteiger partial charge in [0.25, 0.3) is 0 Å². The van der Waals surface area contributed by atoms with Crippen molar-refractivity contribution in [2.24, 2.45) is 21.7 Å². The Hall–Kier alpha value is -0.790. The molecule has 1 unspecified atom stereocenters. The summed E-state index contributed by atoms with van der Waals surface area (Å²) in [5, 5.41) is 9.56. The van der Waals surface area contributed by atoms with Gasteiger partial charge >= 0.3 is 5.97 Å². The van der Waals surface area contributed by atoms with Crippen LogP contribution in [0, 0.1) is 21.7 Å². The summed E-state index contributed by atoms with van der Waals surface area (Å²) in [6, 6.07) is 0. The summed E-state index contributed by atoms with van der Waals surface area (Å²) in [4.78, 5) is 11.6. The van der Waals surface area contributed by atoms with Gasteiger partial charge in [0.2, 0.25) is 0 Å². The second-order valence-electron chi connectivity index (χ2n) is 9.13. The van der Waals surface area contributed by atoms with E-state index < -0.39 is 11.4 Å². The zero-order valence-electron chi connectivity index (χ0n) is 16.3. The molecule has 0 saturated carbocycles. The summed E-state index contributed by atoms with van der Waals surface area (Å²) < 4.78 is 0. The highest BCUT2D eigenvalue weighted by Crippen LogP contribution is 2.48. The minimum atomic E-state index is -0.685. The highest BCUT2D eigenvalue weighted by atomic mass is 16.4. The summed E-state index contributed by atoms with van der Waals surface area (Å²) >= 11 is 0. The van der Waals surface area contributed by atoms with Crippen LogP contribution in [-0.2, 0) is 4.79 Å². The normalized spacial score (nSPS) is 16.8. The molecular weight excluding hydrogens is 272 g/mol. The quantitative estimate of drug-likeness (QED) is 0.506. The molecule has 0 aliphatic carbocycles. The second kappa shape index (κ2) is 7.19. The lowest BCUT2D eigenvalue weighted by Gasteiger charge is -2.44. The summed E-state index contributed by atoms with van der Waals surface area (Å²) in [6.45, 7) is 19.5. The topological polar surface area (TPSA) is 37.3 Å². The van der Waals surface area contributed by atoms with Crippen LogP contribution in [0.25, 0.3) is 0 Å². The number of aliphatic carboxylic acids is 1. The largest absolute Gasteiger partial charge is 0.481 e. The van der Waals surface area contributed by atoms with E-state index in [0.717, 1.165) is 12.8 Å². The Labute approximate surface area is 138 Å². The van der Waals surface area contributed by atoms with Crippen LogP contribution in [0.2, 0.25) is 0 Å². The van der Waals surface area contributed by atoms with Gasteiger partial charge in [0.05, 0.1) is 5.41 Å². The monoisotopic (exact) mass is 310 g/mol. The van der Waals surface area contributed by atoms with E-state index in [0.29, 0.717) is 18.3 Å². The molecule has 0 amide bonds. The van der Waals surface area contributed by atoms with Gasteiger partial charge in [-0.3, -0.25) is 4.79 Å². The van der Waals surface area contributed by atoms with E-state index in [4.69, 9.17) is 0 Å². The van der Waals surface area contributed by atoms with Gasteiger partial charge in [0.1, 0.15) is 0 Å². The molecule has 0 aromatic carbocycles. The summed E-state index contributed by atoms with van der Waals surface area (Å²) in [7, 11) is 0. The molecule has 0 saturated heterocycles. The number of carboxylic acid groups (broad SMARTS) is 1. The predicted molar refractivity (Wildman–Crippen MR) is 96.0 cm³/mol. The molecule has 0 aliphatic rings. The van der Waals surface area contributed by atoms with Gasteiger partial charge in [-0.25, -0.2) is 0 Å². The number of rotatable bonds is 9. The van der Waals surface area contributed by atoms with Crippen LogP contribution < -0.4 is 0 Å². The van der Waals surface area contributed by atoms with Gasteiger partial charge in [-0.1, -0.05) is 74.0 Å². The third-order valence-corrected chi connectivity index (χ3v) is 6.04. The Morgan fingerprint density at radius 1 is 0.955 bits per heavy atom. The van der Waals surface area contributed by atoms with Crippen LogP contribution in [0.1, 0.15) is 88.0 Å². The number of carboxylic acids is 1. The molecule has 2 heteroatoms. The minimum Gasteiger partial charge on any atom is -0.481 e. The maximum Gasteiger partial charge on any atom is 0.309 e. The van der Waals surface area contributed by atoms with Gasteiger partial charge < -0.3 is 5.11 Å². The minimum absolute atomic E-state index is 0.0390. The first-order chi connectivity index (χ1) is 9.73. The molecule has 0 fully saturated rings. The van der Waals surface area contributed by atoms with E-state index in [1.54, 1.807) is 0 Å². The number of carbonyl (C=O) groups is 1. The van der Waals surface area contributed by atoms with Crippen LogP contribution in [-0.4, -0.2) is 11.1 Å². The van der Waals surface area contributed by atoms with Gasteiger partial charge in [-0.2, -0.15) is 0 Å². The van der Waals surface area contributed by atoms with Crippen LogP contribution in [0.3, 0.4) is 0 Å². The van der Waals surface area contributed by atoms with Gasteiger partial charge in [0, 0.05) is 0 Å². The molecule has 0 aromatic rings. The fraction of sp³-hybridized carbons (Fsp3) is 0.850. The molecule has 0 heterocycles. The van der Waals surface area contributed by atoms with E-state index in [-0.39, 0.29) is 10.8 Å². The highest BCUT2D eigenvalue weighted by Gasteiger charge is 2.43. The number of allylic oxidation sites excluding steroid dienone is 2. The Bertz CT molecular complexity index is 402. The van der Waals surface area contributed by atoms with Crippen LogP contribution in [0.15, 0.2) is 12.2 Å². The van der Waals surface area contributed by atoms with Crippen molar-refractivity contribution in [2.75, 3.05) is 0 Å². The Kier molecular flexibility index (Phi) is 6.93. The SMILES string of the molecule is CCC(C)(C)CC=CC(C)(C)C(C)(C)CC(C)(CC)C(=O)O. The first-order valence-corrected chi connectivity index (χ1v) is 8.64. The van der Waals surface area contributed by atoms with E-state index >= 15 is 0 Å². The fourth-order valence-electron chi connectivity index (χ4n) is 2.60. The molecular formula is C20H38O2. The second-order valence-corrected chi connectivity index (χ2v) is 9.13. The maximum absolute atomic E-state index is 11.6.